The molecule has 0 aliphatic rings. The van der Waals surface area contributed by atoms with E-state index in [-0.39, 0.29) is 0 Å². The molecule has 2 nitrogen and oxygen atoms in total. The van der Waals surface area contributed by atoms with E-state index in [0.29, 0.717) is 0 Å². The van der Waals surface area contributed by atoms with Crippen molar-refractivity contribution in [2.45, 2.75) is 0 Å². The molecule has 18 heavy (non-hydrogen) atoms. The lowest BCUT2D eigenvalue weighted by atomic mass is 10.1. The molecule has 0 spiro atoms. The summed E-state index contributed by atoms with van der Waals surface area (Å²) in [5, 5.41) is 5.10. The van der Waals surface area contributed by atoms with Gasteiger partial charge in [0, 0.05) is 16.8 Å². The molecular weight excluding hydrogens is 244 g/mol. The van der Waals surface area contributed by atoms with Crippen molar-refractivity contribution >= 4 is 11.6 Å². The van der Waals surface area contributed by atoms with Crippen LogP contribution in [0.25, 0.3) is 16.8 Å². The number of rotatable bonds is 2. The standard InChI is InChI=1S/C15H10ClN2/c16-14-8-6-12(7-9-14)13-10-17-18(11-13)15-4-2-1-3-5-15/h2-11H. The highest BCUT2D eigenvalue weighted by atomic mass is 35.5. The average molecular weight is 254 g/mol. The fraction of sp³-hybridized carbons (Fsp3) is 0. The van der Waals surface area contributed by atoms with Crippen LogP contribution in [0.3, 0.4) is 0 Å². The summed E-state index contributed by atoms with van der Waals surface area (Å²) in [6.07, 6.45) is 3.85. The fourth-order valence-corrected chi connectivity index (χ4v) is 1.91. The average Bonchev–Trinajstić information content (AvgIpc) is 2.90. The molecule has 0 amide bonds. The van der Waals surface area contributed by atoms with Crippen LogP contribution in [-0.2, 0) is 0 Å². The molecule has 0 saturated carbocycles. The number of aromatic nitrogens is 2. The van der Waals surface area contributed by atoms with E-state index in [1.54, 1.807) is 0 Å². The Bertz CT molecular complexity index is 642. The van der Waals surface area contributed by atoms with Crippen molar-refractivity contribution in [3.63, 3.8) is 0 Å². The molecule has 0 aliphatic heterocycles. The minimum absolute atomic E-state index is 0.740. The van der Waals surface area contributed by atoms with Gasteiger partial charge in [-0.05, 0) is 35.9 Å². The maximum atomic E-state index is 5.88. The first-order valence-electron chi connectivity index (χ1n) is 5.60. The van der Waals surface area contributed by atoms with E-state index in [1.807, 2.05) is 65.6 Å². The molecular formula is C15H10ClN2. The first-order chi connectivity index (χ1) is 8.83. The lowest BCUT2D eigenvalue weighted by molar-refractivity contribution is 0.880. The summed E-state index contributed by atoms with van der Waals surface area (Å²) in [6.45, 7) is 0. The smallest absolute Gasteiger partial charge is 0.0646 e. The lowest BCUT2D eigenvalue weighted by Crippen LogP contribution is -1.92. The number of benzene rings is 2. The predicted octanol–water partition coefficient (Wildman–Crippen LogP) is 3.99. The molecule has 0 atom stereocenters. The van der Waals surface area contributed by atoms with Crippen LogP contribution in [0.2, 0.25) is 5.02 Å². The molecule has 3 rings (SSSR count). The molecule has 1 aromatic heterocycles. The summed E-state index contributed by atoms with van der Waals surface area (Å²) >= 11 is 5.88. The molecule has 0 unspecified atom stereocenters. The maximum absolute atomic E-state index is 5.88. The second-order valence-electron chi connectivity index (χ2n) is 3.94. The minimum atomic E-state index is 0.740. The molecule has 0 saturated heterocycles. The molecule has 0 bridgehead atoms. The number of hydrogen-bond donors (Lipinski definition) is 0. The van der Waals surface area contributed by atoms with Crippen molar-refractivity contribution in [1.29, 1.82) is 0 Å². The Kier molecular flexibility index (Phi) is 2.87. The van der Waals surface area contributed by atoms with E-state index >= 15 is 0 Å². The van der Waals surface area contributed by atoms with Crippen molar-refractivity contribution in [1.82, 2.24) is 9.78 Å². The van der Waals surface area contributed by atoms with Crippen LogP contribution in [0.4, 0.5) is 0 Å². The molecule has 0 N–H and O–H groups in total. The van der Waals surface area contributed by atoms with E-state index in [4.69, 9.17) is 11.6 Å². The van der Waals surface area contributed by atoms with Crippen LogP contribution in [-0.4, -0.2) is 9.78 Å². The summed E-state index contributed by atoms with van der Waals surface area (Å²) in [6, 6.07) is 18.4. The molecule has 0 aliphatic carbocycles. The summed E-state index contributed by atoms with van der Waals surface area (Å²) in [4.78, 5) is 0. The monoisotopic (exact) mass is 253 g/mol. The van der Waals surface area contributed by atoms with E-state index in [9.17, 15) is 0 Å². The van der Waals surface area contributed by atoms with E-state index in [1.165, 1.54) is 0 Å². The Morgan fingerprint density at radius 2 is 1.67 bits per heavy atom. The third-order valence-electron chi connectivity index (χ3n) is 2.73. The van der Waals surface area contributed by atoms with Gasteiger partial charge in [0.2, 0.25) is 0 Å². The molecule has 3 aromatic rings. The zero-order chi connectivity index (χ0) is 12.4. The van der Waals surface area contributed by atoms with Crippen molar-refractivity contribution in [2.75, 3.05) is 0 Å². The van der Waals surface area contributed by atoms with Crippen LogP contribution >= 0.6 is 11.6 Å². The summed E-state index contributed by atoms with van der Waals surface area (Å²) in [5.74, 6) is 0. The van der Waals surface area contributed by atoms with Crippen LogP contribution < -0.4 is 0 Å². The largest absolute Gasteiger partial charge is 0.240 e. The van der Waals surface area contributed by atoms with Crippen molar-refractivity contribution in [3.05, 3.63) is 72.0 Å². The molecule has 2 aromatic carbocycles. The maximum Gasteiger partial charge on any atom is 0.0646 e. The Morgan fingerprint density at radius 3 is 2.39 bits per heavy atom. The summed E-state index contributed by atoms with van der Waals surface area (Å²) in [7, 11) is 0. The van der Waals surface area contributed by atoms with Gasteiger partial charge < -0.3 is 0 Å². The van der Waals surface area contributed by atoms with Gasteiger partial charge in [-0.25, -0.2) is 4.68 Å². The molecule has 0 fully saturated rings. The highest BCUT2D eigenvalue weighted by Crippen LogP contribution is 2.21. The van der Waals surface area contributed by atoms with E-state index in [0.717, 1.165) is 21.8 Å². The van der Waals surface area contributed by atoms with Gasteiger partial charge in [-0.1, -0.05) is 35.9 Å². The van der Waals surface area contributed by atoms with Gasteiger partial charge >= 0.3 is 0 Å². The van der Waals surface area contributed by atoms with Gasteiger partial charge in [-0.2, -0.15) is 5.10 Å². The SMILES string of the molecule is Clc1ccc(-c2cnn(-c3cc[c]cc3)c2)cc1. The second kappa shape index (κ2) is 4.67. The van der Waals surface area contributed by atoms with Crippen LogP contribution in [0.1, 0.15) is 0 Å². The number of hydrogen-bond acceptors (Lipinski definition) is 1. The van der Waals surface area contributed by atoms with Crippen LogP contribution in [0.15, 0.2) is 60.9 Å². The zero-order valence-corrected chi connectivity index (χ0v) is 10.3. The summed E-state index contributed by atoms with van der Waals surface area (Å²) < 4.78 is 1.85. The number of nitrogens with zero attached hydrogens (tertiary/aromatic N) is 2. The third kappa shape index (κ3) is 2.15. The first kappa shape index (κ1) is 11.1. The Morgan fingerprint density at radius 1 is 0.944 bits per heavy atom. The lowest BCUT2D eigenvalue weighted by Gasteiger charge is -1.99. The van der Waals surface area contributed by atoms with Gasteiger partial charge in [0.25, 0.3) is 0 Å². The number of halogens is 1. The van der Waals surface area contributed by atoms with Gasteiger partial charge in [-0.3, -0.25) is 0 Å². The molecule has 3 heteroatoms. The van der Waals surface area contributed by atoms with Crippen LogP contribution in [0.5, 0.6) is 0 Å². The second-order valence-corrected chi connectivity index (χ2v) is 4.38. The Labute approximate surface area is 110 Å². The molecule has 87 valence electrons. The van der Waals surface area contributed by atoms with E-state index < -0.39 is 0 Å². The normalized spacial score (nSPS) is 10.5. The first-order valence-corrected chi connectivity index (χ1v) is 5.98. The highest BCUT2D eigenvalue weighted by molar-refractivity contribution is 6.30. The fourth-order valence-electron chi connectivity index (χ4n) is 1.79. The van der Waals surface area contributed by atoms with Gasteiger partial charge in [-0.15, -0.1) is 0 Å². The Balaban J connectivity index is 1.97. The van der Waals surface area contributed by atoms with Crippen molar-refractivity contribution in [3.8, 4) is 16.8 Å². The van der Waals surface area contributed by atoms with Crippen molar-refractivity contribution in [2.24, 2.45) is 0 Å². The quantitative estimate of drug-likeness (QED) is 0.675. The zero-order valence-electron chi connectivity index (χ0n) is 9.55. The minimum Gasteiger partial charge on any atom is -0.240 e. The Hall–Kier alpha value is -2.06. The molecule has 1 heterocycles. The predicted molar refractivity (Wildman–Crippen MR) is 72.8 cm³/mol. The topological polar surface area (TPSA) is 17.8 Å². The van der Waals surface area contributed by atoms with Gasteiger partial charge in [0.05, 0.1) is 11.9 Å². The summed E-state index contributed by atoms with van der Waals surface area (Å²) in [5.41, 5.74) is 3.20. The van der Waals surface area contributed by atoms with Gasteiger partial charge in [0.1, 0.15) is 0 Å². The highest BCUT2D eigenvalue weighted by Gasteiger charge is 2.02. The van der Waals surface area contributed by atoms with Crippen molar-refractivity contribution < 1.29 is 0 Å². The van der Waals surface area contributed by atoms with Crippen LogP contribution in [0, 0.1) is 6.07 Å². The third-order valence-corrected chi connectivity index (χ3v) is 2.98. The van der Waals surface area contributed by atoms with Gasteiger partial charge in [0.15, 0.2) is 0 Å². The molecule has 1 radical (unpaired) electrons. The van der Waals surface area contributed by atoms with E-state index in [2.05, 4.69) is 11.2 Å².